The summed E-state index contributed by atoms with van der Waals surface area (Å²) in [5.74, 6) is 0.813. The number of nitrogens with zero attached hydrogens (tertiary/aromatic N) is 2. The van der Waals surface area contributed by atoms with E-state index in [4.69, 9.17) is 4.74 Å². The number of ether oxygens (including phenoxy) is 1. The molecule has 1 aromatic carbocycles. The molecule has 0 saturated heterocycles. The second-order valence-electron chi connectivity index (χ2n) is 3.78. The highest BCUT2D eigenvalue weighted by Gasteiger charge is 2.13. The molecule has 17 heavy (non-hydrogen) atoms. The minimum absolute atomic E-state index is 0.642. The largest absolute Gasteiger partial charge is 0.494 e. The van der Waals surface area contributed by atoms with Crippen molar-refractivity contribution in [2.75, 3.05) is 6.61 Å². The Balaban J connectivity index is 2.20. The summed E-state index contributed by atoms with van der Waals surface area (Å²) in [6.45, 7) is 2.59. The van der Waals surface area contributed by atoms with E-state index in [1.807, 2.05) is 38.2 Å². The lowest BCUT2D eigenvalue weighted by molar-refractivity contribution is 0.209. The first-order valence-corrected chi connectivity index (χ1v) is 5.61. The first-order valence-electron chi connectivity index (χ1n) is 5.61. The zero-order valence-electron chi connectivity index (χ0n) is 10.00. The number of aliphatic hydroxyl groups is 1. The highest BCUT2D eigenvalue weighted by Crippen LogP contribution is 2.23. The van der Waals surface area contributed by atoms with Gasteiger partial charge in [0.2, 0.25) is 0 Å². The van der Waals surface area contributed by atoms with Crippen molar-refractivity contribution in [1.29, 1.82) is 0 Å². The van der Waals surface area contributed by atoms with Crippen LogP contribution in [0.2, 0.25) is 0 Å². The SMILES string of the molecule is CCOc1ccc(C(O)c2ccnn2C)cc1. The zero-order valence-corrected chi connectivity index (χ0v) is 10.00. The van der Waals surface area contributed by atoms with Gasteiger partial charge in [-0.05, 0) is 30.7 Å². The van der Waals surface area contributed by atoms with Crippen LogP contribution >= 0.6 is 0 Å². The van der Waals surface area contributed by atoms with E-state index >= 15 is 0 Å². The van der Waals surface area contributed by atoms with E-state index in [0.29, 0.717) is 6.61 Å². The normalized spacial score (nSPS) is 12.4. The van der Waals surface area contributed by atoms with Gasteiger partial charge in [0.05, 0.1) is 12.3 Å². The quantitative estimate of drug-likeness (QED) is 0.875. The number of aryl methyl sites for hydroxylation is 1. The van der Waals surface area contributed by atoms with Gasteiger partial charge in [-0.25, -0.2) is 0 Å². The predicted octanol–water partition coefficient (Wildman–Crippen LogP) is 1.90. The smallest absolute Gasteiger partial charge is 0.121 e. The maximum absolute atomic E-state index is 10.2. The molecule has 0 saturated carbocycles. The molecule has 2 aromatic rings. The fraction of sp³-hybridized carbons (Fsp3) is 0.308. The van der Waals surface area contributed by atoms with Crippen LogP contribution in [-0.2, 0) is 7.05 Å². The van der Waals surface area contributed by atoms with Gasteiger partial charge in [0.25, 0.3) is 0 Å². The maximum Gasteiger partial charge on any atom is 0.121 e. The highest BCUT2D eigenvalue weighted by molar-refractivity contribution is 5.31. The summed E-state index contributed by atoms with van der Waals surface area (Å²) in [4.78, 5) is 0. The predicted molar refractivity (Wildman–Crippen MR) is 64.9 cm³/mol. The number of rotatable bonds is 4. The Bertz CT molecular complexity index is 476. The van der Waals surface area contributed by atoms with Crippen LogP contribution in [0.4, 0.5) is 0 Å². The third-order valence-electron chi connectivity index (χ3n) is 2.65. The van der Waals surface area contributed by atoms with Gasteiger partial charge in [-0.15, -0.1) is 0 Å². The van der Waals surface area contributed by atoms with E-state index in [0.717, 1.165) is 17.0 Å². The van der Waals surface area contributed by atoms with Crippen molar-refractivity contribution in [1.82, 2.24) is 9.78 Å². The average Bonchev–Trinajstić information content (AvgIpc) is 2.76. The van der Waals surface area contributed by atoms with Gasteiger partial charge in [-0.3, -0.25) is 4.68 Å². The van der Waals surface area contributed by atoms with Crippen molar-refractivity contribution in [2.24, 2.45) is 7.05 Å². The molecular weight excluding hydrogens is 216 g/mol. The topological polar surface area (TPSA) is 47.3 Å². The van der Waals surface area contributed by atoms with Gasteiger partial charge < -0.3 is 9.84 Å². The molecule has 0 aliphatic rings. The van der Waals surface area contributed by atoms with Crippen molar-refractivity contribution in [3.63, 3.8) is 0 Å². The van der Waals surface area contributed by atoms with Crippen LogP contribution in [0.1, 0.15) is 24.3 Å². The molecule has 0 fully saturated rings. The van der Waals surface area contributed by atoms with Crippen LogP contribution in [0.25, 0.3) is 0 Å². The Kier molecular flexibility index (Phi) is 3.44. The Morgan fingerprint density at radius 2 is 2.00 bits per heavy atom. The molecule has 1 aromatic heterocycles. The molecule has 0 bridgehead atoms. The molecule has 0 radical (unpaired) electrons. The van der Waals surface area contributed by atoms with Crippen LogP contribution in [0.5, 0.6) is 5.75 Å². The van der Waals surface area contributed by atoms with E-state index in [1.54, 1.807) is 16.9 Å². The van der Waals surface area contributed by atoms with E-state index in [2.05, 4.69) is 5.10 Å². The molecule has 0 spiro atoms. The molecule has 4 nitrogen and oxygen atoms in total. The molecule has 1 N–H and O–H groups in total. The molecule has 0 aliphatic heterocycles. The first kappa shape index (κ1) is 11.7. The Labute approximate surface area is 100 Å². The number of benzene rings is 1. The fourth-order valence-corrected chi connectivity index (χ4v) is 1.74. The Hall–Kier alpha value is -1.81. The summed E-state index contributed by atoms with van der Waals surface area (Å²) in [5, 5.41) is 14.2. The number of aliphatic hydroxyl groups excluding tert-OH is 1. The molecule has 4 heteroatoms. The molecule has 0 amide bonds. The molecule has 1 unspecified atom stereocenters. The van der Waals surface area contributed by atoms with Crippen molar-refractivity contribution >= 4 is 0 Å². The van der Waals surface area contributed by atoms with E-state index in [1.165, 1.54) is 0 Å². The number of hydrogen-bond donors (Lipinski definition) is 1. The lowest BCUT2D eigenvalue weighted by Gasteiger charge is -2.12. The van der Waals surface area contributed by atoms with E-state index in [-0.39, 0.29) is 0 Å². The highest BCUT2D eigenvalue weighted by atomic mass is 16.5. The second kappa shape index (κ2) is 5.01. The Morgan fingerprint density at radius 3 is 2.53 bits per heavy atom. The third kappa shape index (κ3) is 2.47. The van der Waals surface area contributed by atoms with Gasteiger partial charge in [0, 0.05) is 13.2 Å². The molecule has 0 aliphatic carbocycles. The van der Waals surface area contributed by atoms with Gasteiger partial charge in [0.1, 0.15) is 11.9 Å². The summed E-state index contributed by atoms with van der Waals surface area (Å²) in [7, 11) is 1.81. The van der Waals surface area contributed by atoms with E-state index < -0.39 is 6.10 Å². The molecule has 90 valence electrons. The van der Waals surface area contributed by atoms with E-state index in [9.17, 15) is 5.11 Å². The molecule has 1 heterocycles. The summed E-state index contributed by atoms with van der Waals surface area (Å²) in [6, 6.07) is 9.25. The van der Waals surface area contributed by atoms with Gasteiger partial charge >= 0.3 is 0 Å². The second-order valence-corrected chi connectivity index (χ2v) is 3.78. The summed E-state index contributed by atoms with van der Waals surface area (Å²) < 4.78 is 7.02. The Morgan fingerprint density at radius 1 is 1.29 bits per heavy atom. The molecule has 1 atom stereocenters. The average molecular weight is 232 g/mol. The first-order chi connectivity index (χ1) is 8.22. The van der Waals surface area contributed by atoms with Crippen LogP contribution in [0.15, 0.2) is 36.5 Å². The lowest BCUT2D eigenvalue weighted by Crippen LogP contribution is -2.06. The molecular formula is C13H16N2O2. The fourth-order valence-electron chi connectivity index (χ4n) is 1.74. The van der Waals surface area contributed by atoms with Crippen LogP contribution in [-0.4, -0.2) is 21.5 Å². The van der Waals surface area contributed by atoms with Gasteiger partial charge in [-0.1, -0.05) is 12.1 Å². The van der Waals surface area contributed by atoms with Crippen molar-refractivity contribution in [2.45, 2.75) is 13.0 Å². The summed E-state index contributed by atoms with van der Waals surface area (Å²) in [6.07, 6.45) is 1.02. The summed E-state index contributed by atoms with van der Waals surface area (Å²) >= 11 is 0. The minimum atomic E-state index is -0.654. The maximum atomic E-state index is 10.2. The zero-order chi connectivity index (χ0) is 12.3. The van der Waals surface area contributed by atoms with Gasteiger partial charge in [-0.2, -0.15) is 5.10 Å². The minimum Gasteiger partial charge on any atom is -0.494 e. The van der Waals surface area contributed by atoms with Crippen LogP contribution in [0, 0.1) is 0 Å². The van der Waals surface area contributed by atoms with Gasteiger partial charge in [0.15, 0.2) is 0 Å². The van der Waals surface area contributed by atoms with Crippen molar-refractivity contribution in [3.8, 4) is 5.75 Å². The van der Waals surface area contributed by atoms with Crippen molar-refractivity contribution < 1.29 is 9.84 Å². The lowest BCUT2D eigenvalue weighted by atomic mass is 10.1. The monoisotopic (exact) mass is 232 g/mol. The number of hydrogen-bond acceptors (Lipinski definition) is 3. The number of aromatic nitrogens is 2. The van der Waals surface area contributed by atoms with Crippen LogP contribution < -0.4 is 4.74 Å². The molecule has 2 rings (SSSR count). The standard InChI is InChI=1S/C13H16N2O2/c1-3-17-11-6-4-10(5-7-11)13(16)12-8-9-14-15(12)2/h4-9,13,16H,3H2,1-2H3. The van der Waals surface area contributed by atoms with Crippen LogP contribution in [0.3, 0.4) is 0 Å². The third-order valence-corrected chi connectivity index (χ3v) is 2.65. The summed E-state index contributed by atoms with van der Waals surface area (Å²) in [5.41, 5.74) is 1.60. The van der Waals surface area contributed by atoms with Crippen molar-refractivity contribution in [3.05, 3.63) is 47.8 Å².